The van der Waals surface area contributed by atoms with Crippen LogP contribution in [0.3, 0.4) is 0 Å². The molecule has 0 spiro atoms. The normalized spacial score (nSPS) is 17.2. The number of alkyl halides is 3. The van der Waals surface area contributed by atoms with Gasteiger partial charge in [-0.3, -0.25) is 9.78 Å². The Morgan fingerprint density at radius 2 is 2.10 bits per heavy atom. The molecule has 1 unspecified atom stereocenters. The van der Waals surface area contributed by atoms with Gasteiger partial charge in [0.15, 0.2) is 5.82 Å². The van der Waals surface area contributed by atoms with Crippen molar-refractivity contribution >= 4 is 23.1 Å². The van der Waals surface area contributed by atoms with Crippen molar-refractivity contribution in [3.63, 3.8) is 0 Å². The van der Waals surface area contributed by atoms with Gasteiger partial charge in [0.2, 0.25) is 0 Å². The number of anilines is 1. The molecule has 0 amide bonds. The SMILES string of the molecule is O=COc1cc(C(F)(F)F)ccc1-c1nnc(NC2CNCCOC2)c2ccncc12. The van der Waals surface area contributed by atoms with Crippen LogP contribution in [0.25, 0.3) is 22.0 Å². The molecular weight excluding hydrogens is 415 g/mol. The summed E-state index contributed by atoms with van der Waals surface area (Å²) in [4.78, 5) is 15.0. The fourth-order valence-electron chi connectivity index (χ4n) is 3.34. The molecule has 1 saturated heterocycles. The minimum absolute atomic E-state index is 0.0426. The predicted molar refractivity (Wildman–Crippen MR) is 106 cm³/mol. The van der Waals surface area contributed by atoms with Crippen molar-refractivity contribution in [1.82, 2.24) is 20.5 Å². The minimum Gasteiger partial charge on any atom is -0.428 e. The van der Waals surface area contributed by atoms with Crippen LogP contribution in [-0.4, -0.2) is 54.0 Å². The molecular formula is C20H18F3N5O3. The lowest BCUT2D eigenvalue weighted by molar-refractivity contribution is -0.138. The zero-order valence-corrected chi connectivity index (χ0v) is 16.1. The summed E-state index contributed by atoms with van der Waals surface area (Å²) in [5.74, 6) is 0.217. The van der Waals surface area contributed by atoms with E-state index in [2.05, 4.69) is 25.8 Å². The first-order valence-electron chi connectivity index (χ1n) is 9.44. The Hall–Kier alpha value is -3.31. The Morgan fingerprint density at radius 3 is 2.90 bits per heavy atom. The summed E-state index contributed by atoms with van der Waals surface area (Å²) in [5, 5.41) is 16.2. The van der Waals surface area contributed by atoms with Crippen molar-refractivity contribution in [2.75, 3.05) is 31.6 Å². The average molecular weight is 433 g/mol. The average Bonchev–Trinajstić information content (AvgIpc) is 3.02. The summed E-state index contributed by atoms with van der Waals surface area (Å²) < 4.78 is 49.7. The second-order valence-electron chi connectivity index (χ2n) is 6.86. The largest absolute Gasteiger partial charge is 0.428 e. The van der Waals surface area contributed by atoms with Gasteiger partial charge in [0, 0.05) is 41.8 Å². The lowest BCUT2D eigenvalue weighted by atomic mass is 10.0. The number of hydrogen-bond acceptors (Lipinski definition) is 8. The van der Waals surface area contributed by atoms with Gasteiger partial charge in [-0.1, -0.05) is 0 Å². The van der Waals surface area contributed by atoms with Crippen molar-refractivity contribution in [2.45, 2.75) is 12.2 Å². The molecule has 1 atom stereocenters. The quantitative estimate of drug-likeness (QED) is 0.593. The van der Waals surface area contributed by atoms with Gasteiger partial charge in [-0.25, -0.2) is 0 Å². The molecule has 1 aromatic carbocycles. The third-order valence-corrected chi connectivity index (χ3v) is 4.79. The number of nitrogens with zero attached hydrogens (tertiary/aromatic N) is 3. The highest BCUT2D eigenvalue weighted by Gasteiger charge is 2.32. The fraction of sp³-hybridized carbons (Fsp3) is 0.300. The van der Waals surface area contributed by atoms with Crippen LogP contribution in [0.15, 0.2) is 36.7 Å². The zero-order chi connectivity index (χ0) is 21.8. The zero-order valence-electron chi connectivity index (χ0n) is 16.1. The Bertz CT molecular complexity index is 1090. The smallest absolute Gasteiger partial charge is 0.416 e. The van der Waals surface area contributed by atoms with Crippen LogP contribution in [0.2, 0.25) is 0 Å². The molecule has 4 rings (SSSR count). The monoisotopic (exact) mass is 433 g/mol. The third-order valence-electron chi connectivity index (χ3n) is 4.79. The number of carbonyl (C=O) groups is 1. The van der Waals surface area contributed by atoms with Crippen molar-refractivity contribution in [1.29, 1.82) is 0 Å². The van der Waals surface area contributed by atoms with E-state index in [1.54, 1.807) is 12.3 Å². The number of carbonyl (C=O) groups excluding carboxylic acids is 1. The van der Waals surface area contributed by atoms with Crippen LogP contribution >= 0.6 is 0 Å². The van der Waals surface area contributed by atoms with E-state index in [0.29, 0.717) is 36.3 Å². The maximum Gasteiger partial charge on any atom is 0.416 e. The molecule has 1 aliphatic heterocycles. The highest BCUT2D eigenvalue weighted by molar-refractivity contribution is 6.00. The molecule has 0 radical (unpaired) electrons. The van der Waals surface area contributed by atoms with Crippen LogP contribution in [-0.2, 0) is 15.7 Å². The molecule has 2 N–H and O–H groups in total. The second-order valence-corrected chi connectivity index (χ2v) is 6.86. The van der Waals surface area contributed by atoms with Crippen molar-refractivity contribution < 1.29 is 27.4 Å². The summed E-state index contributed by atoms with van der Waals surface area (Å²) >= 11 is 0. The van der Waals surface area contributed by atoms with Crippen LogP contribution in [0, 0.1) is 0 Å². The Balaban J connectivity index is 1.78. The van der Waals surface area contributed by atoms with Crippen LogP contribution in [0.5, 0.6) is 5.75 Å². The second kappa shape index (κ2) is 8.82. The Labute approximate surface area is 174 Å². The van der Waals surface area contributed by atoms with Crippen molar-refractivity contribution in [2.24, 2.45) is 0 Å². The molecule has 0 bridgehead atoms. The molecule has 0 aliphatic carbocycles. The summed E-state index contributed by atoms with van der Waals surface area (Å²) in [6.07, 6.45) is -1.47. The van der Waals surface area contributed by atoms with Crippen LogP contribution < -0.4 is 15.4 Å². The molecule has 3 aromatic rings. The Morgan fingerprint density at radius 1 is 1.23 bits per heavy atom. The standard InChI is InChI=1S/C20H18F3N5O3/c21-20(22,23)12-1-2-15(17(7-12)31-11-29)18-16-9-24-4-3-14(16)19(28-27-18)26-13-8-25-5-6-30-10-13/h1-4,7,9,11,13,25H,5-6,8,10H2,(H,26,28). The number of ether oxygens (including phenoxy) is 2. The van der Waals surface area contributed by atoms with Gasteiger partial charge in [0.25, 0.3) is 6.47 Å². The molecule has 11 heteroatoms. The highest BCUT2D eigenvalue weighted by atomic mass is 19.4. The first-order chi connectivity index (χ1) is 15.0. The Kier molecular flexibility index (Phi) is 5.96. The summed E-state index contributed by atoms with van der Waals surface area (Å²) in [6, 6.07) is 4.55. The van der Waals surface area contributed by atoms with Crippen LogP contribution in [0.4, 0.5) is 19.0 Å². The van der Waals surface area contributed by atoms with E-state index in [4.69, 9.17) is 9.47 Å². The van der Waals surface area contributed by atoms with E-state index < -0.39 is 11.7 Å². The highest BCUT2D eigenvalue weighted by Crippen LogP contribution is 2.39. The lowest BCUT2D eigenvalue weighted by Gasteiger charge is -2.18. The summed E-state index contributed by atoms with van der Waals surface area (Å²) in [6.45, 7) is 2.59. The third kappa shape index (κ3) is 4.57. The number of rotatable bonds is 5. The molecule has 31 heavy (non-hydrogen) atoms. The molecule has 3 heterocycles. The summed E-state index contributed by atoms with van der Waals surface area (Å²) in [7, 11) is 0. The van der Waals surface area contributed by atoms with Gasteiger partial charge in [-0.2, -0.15) is 13.2 Å². The molecule has 1 aliphatic rings. The van der Waals surface area contributed by atoms with Gasteiger partial charge in [-0.05, 0) is 24.3 Å². The molecule has 1 fully saturated rings. The first-order valence-corrected chi connectivity index (χ1v) is 9.44. The van der Waals surface area contributed by atoms with E-state index in [1.165, 1.54) is 12.3 Å². The number of pyridine rings is 1. The predicted octanol–water partition coefficient (Wildman–Crippen LogP) is 2.65. The number of benzene rings is 1. The maximum absolute atomic E-state index is 13.1. The van der Waals surface area contributed by atoms with Gasteiger partial charge >= 0.3 is 6.18 Å². The molecule has 2 aromatic heterocycles. The fourth-order valence-corrected chi connectivity index (χ4v) is 3.34. The lowest BCUT2D eigenvalue weighted by Crippen LogP contribution is -2.34. The van der Waals surface area contributed by atoms with E-state index >= 15 is 0 Å². The number of nitrogens with one attached hydrogen (secondary N) is 2. The minimum atomic E-state index is -4.59. The topological polar surface area (TPSA) is 98.3 Å². The first kappa shape index (κ1) is 20.9. The van der Waals surface area contributed by atoms with Crippen molar-refractivity contribution in [3.8, 4) is 17.0 Å². The van der Waals surface area contributed by atoms with Gasteiger partial charge in [-0.15, -0.1) is 10.2 Å². The van der Waals surface area contributed by atoms with Gasteiger partial charge < -0.3 is 20.1 Å². The number of hydrogen-bond donors (Lipinski definition) is 2. The molecule has 0 saturated carbocycles. The van der Waals surface area contributed by atoms with Gasteiger partial charge in [0.05, 0.1) is 24.8 Å². The van der Waals surface area contributed by atoms with E-state index in [-0.39, 0.29) is 29.5 Å². The van der Waals surface area contributed by atoms with Gasteiger partial charge in [0.1, 0.15) is 11.4 Å². The molecule has 8 nitrogen and oxygen atoms in total. The van der Waals surface area contributed by atoms with E-state index in [0.717, 1.165) is 18.7 Å². The van der Waals surface area contributed by atoms with Crippen molar-refractivity contribution in [3.05, 3.63) is 42.2 Å². The number of halogens is 3. The van der Waals surface area contributed by atoms with E-state index in [1.807, 2.05) is 0 Å². The summed E-state index contributed by atoms with van der Waals surface area (Å²) in [5.41, 5.74) is -0.506. The number of aromatic nitrogens is 3. The number of fused-ring (bicyclic) bond motifs is 1. The van der Waals surface area contributed by atoms with Crippen LogP contribution in [0.1, 0.15) is 5.56 Å². The molecule has 162 valence electrons. The maximum atomic E-state index is 13.1. The van der Waals surface area contributed by atoms with E-state index in [9.17, 15) is 18.0 Å².